The van der Waals surface area contributed by atoms with E-state index in [0.29, 0.717) is 17.5 Å². The van der Waals surface area contributed by atoms with Crippen LogP contribution < -0.4 is 10.1 Å². The average molecular weight is 455 g/mol. The molecule has 7 heteroatoms. The van der Waals surface area contributed by atoms with Crippen LogP contribution in [0.25, 0.3) is 0 Å². The molecular weight excluding hydrogens is 433 g/mol. The van der Waals surface area contributed by atoms with Crippen LogP contribution in [-0.2, 0) is 10.3 Å². The van der Waals surface area contributed by atoms with Crippen molar-refractivity contribution in [3.8, 4) is 5.75 Å². The quantitative estimate of drug-likeness (QED) is 0.550. The zero-order chi connectivity index (χ0) is 17.7. The Hall–Kier alpha value is -1.64. The topological polar surface area (TPSA) is 77.2 Å². The lowest BCUT2D eigenvalue weighted by molar-refractivity contribution is -0.125. The zero-order valence-electron chi connectivity index (χ0n) is 14.3. The van der Waals surface area contributed by atoms with Crippen LogP contribution in [0.1, 0.15) is 50.2 Å². The normalized spacial score (nSPS) is 16.9. The van der Waals surface area contributed by atoms with Gasteiger partial charge in [-0.15, -0.1) is 0 Å². The number of nitrogens with one attached hydrogen (secondary N) is 1. The van der Waals surface area contributed by atoms with E-state index in [1.165, 1.54) is 0 Å². The fourth-order valence-corrected chi connectivity index (χ4v) is 3.57. The van der Waals surface area contributed by atoms with Crippen LogP contribution >= 0.6 is 22.6 Å². The molecule has 2 aromatic rings. The van der Waals surface area contributed by atoms with E-state index in [1.54, 1.807) is 6.92 Å². The molecule has 1 aliphatic rings. The molecule has 134 valence electrons. The number of amides is 1. The van der Waals surface area contributed by atoms with Gasteiger partial charge < -0.3 is 14.6 Å². The highest BCUT2D eigenvalue weighted by Crippen LogP contribution is 2.34. The first kappa shape index (κ1) is 18.2. The minimum atomic E-state index is -0.555. The first-order valence-corrected chi connectivity index (χ1v) is 9.65. The van der Waals surface area contributed by atoms with Gasteiger partial charge in [-0.1, -0.05) is 30.8 Å². The lowest BCUT2D eigenvalue weighted by atomic mass is 9.89. The summed E-state index contributed by atoms with van der Waals surface area (Å²) in [5, 5.41) is 7.23. The van der Waals surface area contributed by atoms with Crippen molar-refractivity contribution in [2.75, 3.05) is 6.61 Å². The number of rotatable bonds is 5. The number of hydrogen-bond acceptors (Lipinski definition) is 5. The summed E-state index contributed by atoms with van der Waals surface area (Å²) in [6.45, 7) is 1.74. The Labute approximate surface area is 160 Å². The molecular formula is C18H22IN3O3. The Morgan fingerprint density at radius 1 is 1.24 bits per heavy atom. The maximum Gasteiger partial charge on any atom is 0.258 e. The molecule has 3 rings (SSSR count). The first-order chi connectivity index (χ1) is 12.1. The summed E-state index contributed by atoms with van der Waals surface area (Å²) in [6, 6.07) is 7.61. The summed E-state index contributed by atoms with van der Waals surface area (Å²) in [4.78, 5) is 16.9. The van der Waals surface area contributed by atoms with Gasteiger partial charge in [0.25, 0.3) is 5.91 Å². The Bertz CT molecular complexity index is 707. The number of aryl methyl sites for hydroxylation is 1. The summed E-state index contributed by atoms with van der Waals surface area (Å²) < 4.78 is 11.9. The van der Waals surface area contributed by atoms with Crippen molar-refractivity contribution >= 4 is 28.5 Å². The van der Waals surface area contributed by atoms with E-state index in [9.17, 15) is 4.79 Å². The third-order valence-electron chi connectivity index (χ3n) is 4.47. The maximum atomic E-state index is 12.5. The highest BCUT2D eigenvalue weighted by atomic mass is 127. The number of benzene rings is 1. The fourth-order valence-electron chi connectivity index (χ4n) is 3.21. The second-order valence-corrected chi connectivity index (χ2v) is 7.67. The molecule has 0 atom stereocenters. The molecule has 1 fully saturated rings. The predicted molar refractivity (Wildman–Crippen MR) is 101 cm³/mol. The molecule has 0 unspecified atom stereocenters. The molecule has 0 radical (unpaired) electrons. The van der Waals surface area contributed by atoms with Gasteiger partial charge in [-0.2, -0.15) is 4.98 Å². The smallest absolute Gasteiger partial charge is 0.258 e. The molecule has 1 heterocycles. The van der Waals surface area contributed by atoms with E-state index >= 15 is 0 Å². The van der Waals surface area contributed by atoms with E-state index < -0.39 is 5.54 Å². The molecule has 0 saturated heterocycles. The van der Waals surface area contributed by atoms with Gasteiger partial charge in [-0.3, -0.25) is 4.79 Å². The summed E-state index contributed by atoms with van der Waals surface area (Å²) in [5.74, 6) is 1.61. The molecule has 0 spiro atoms. The van der Waals surface area contributed by atoms with Crippen LogP contribution in [0.2, 0.25) is 0 Å². The van der Waals surface area contributed by atoms with Crippen LogP contribution in [0.4, 0.5) is 0 Å². The summed E-state index contributed by atoms with van der Waals surface area (Å²) in [5.41, 5.74) is -0.555. The van der Waals surface area contributed by atoms with Crippen molar-refractivity contribution < 1.29 is 14.1 Å². The first-order valence-electron chi connectivity index (χ1n) is 8.58. The number of ether oxygens (including phenoxy) is 1. The lowest BCUT2D eigenvalue weighted by Crippen LogP contribution is -2.48. The number of halogens is 1. The Morgan fingerprint density at radius 3 is 2.52 bits per heavy atom. The van der Waals surface area contributed by atoms with E-state index in [2.05, 4.69) is 38.0 Å². The van der Waals surface area contributed by atoms with E-state index in [1.807, 2.05) is 24.3 Å². The van der Waals surface area contributed by atoms with Gasteiger partial charge in [0.15, 0.2) is 12.4 Å². The van der Waals surface area contributed by atoms with Gasteiger partial charge in [0.1, 0.15) is 11.3 Å². The van der Waals surface area contributed by atoms with Crippen molar-refractivity contribution in [1.29, 1.82) is 0 Å². The highest BCUT2D eigenvalue weighted by Gasteiger charge is 2.38. The maximum absolute atomic E-state index is 12.5. The highest BCUT2D eigenvalue weighted by molar-refractivity contribution is 14.1. The second-order valence-electron chi connectivity index (χ2n) is 6.42. The van der Waals surface area contributed by atoms with Gasteiger partial charge in [0, 0.05) is 10.5 Å². The van der Waals surface area contributed by atoms with Crippen LogP contribution in [0.5, 0.6) is 5.75 Å². The number of hydrogen-bond donors (Lipinski definition) is 1. The van der Waals surface area contributed by atoms with Gasteiger partial charge in [0.2, 0.25) is 5.89 Å². The molecule has 0 aliphatic heterocycles. The summed E-state index contributed by atoms with van der Waals surface area (Å²) >= 11 is 2.23. The van der Waals surface area contributed by atoms with Gasteiger partial charge in [-0.05, 0) is 59.7 Å². The van der Waals surface area contributed by atoms with Crippen LogP contribution in [-0.4, -0.2) is 22.7 Å². The van der Waals surface area contributed by atoms with E-state index in [4.69, 9.17) is 9.26 Å². The minimum absolute atomic E-state index is 0.0286. The lowest BCUT2D eigenvalue weighted by Gasteiger charge is -2.30. The van der Waals surface area contributed by atoms with Crippen molar-refractivity contribution in [2.24, 2.45) is 0 Å². The summed E-state index contributed by atoms with van der Waals surface area (Å²) in [6.07, 6.45) is 6.03. The van der Waals surface area contributed by atoms with Crippen molar-refractivity contribution in [2.45, 2.75) is 51.0 Å². The van der Waals surface area contributed by atoms with Gasteiger partial charge in [-0.25, -0.2) is 0 Å². The number of carbonyl (C=O) groups is 1. The number of nitrogens with zero attached hydrogens (tertiary/aromatic N) is 2. The Balaban J connectivity index is 1.69. The van der Waals surface area contributed by atoms with Gasteiger partial charge >= 0.3 is 0 Å². The van der Waals surface area contributed by atoms with E-state index in [0.717, 1.165) is 42.1 Å². The van der Waals surface area contributed by atoms with Crippen molar-refractivity contribution in [3.63, 3.8) is 0 Å². The molecule has 1 aromatic heterocycles. The number of carbonyl (C=O) groups excluding carboxylic acids is 1. The monoisotopic (exact) mass is 455 g/mol. The zero-order valence-corrected chi connectivity index (χ0v) is 16.4. The minimum Gasteiger partial charge on any atom is -0.484 e. The molecule has 1 N–H and O–H groups in total. The predicted octanol–water partition coefficient (Wildman–Crippen LogP) is 3.73. The SMILES string of the molecule is Cc1nc(C2(NC(=O)COc3ccc(I)cc3)CCCCCC2)no1. The summed E-state index contributed by atoms with van der Waals surface area (Å²) in [7, 11) is 0. The molecule has 25 heavy (non-hydrogen) atoms. The molecule has 6 nitrogen and oxygen atoms in total. The van der Waals surface area contributed by atoms with Gasteiger partial charge in [0.05, 0.1) is 0 Å². The van der Waals surface area contributed by atoms with Crippen molar-refractivity contribution in [3.05, 3.63) is 39.6 Å². The largest absolute Gasteiger partial charge is 0.484 e. The second kappa shape index (κ2) is 8.16. The molecule has 0 bridgehead atoms. The molecule has 1 aliphatic carbocycles. The standard InChI is InChI=1S/C18H22IN3O3/c1-13-20-17(22-25-13)18(10-4-2-3-5-11-18)21-16(23)12-24-15-8-6-14(19)7-9-15/h6-9H,2-5,10-12H2,1H3,(H,21,23). The molecule has 1 amide bonds. The fraction of sp³-hybridized carbons (Fsp3) is 0.500. The third-order valence-corrected chi connectivity index (χ3v) is 5.19. The third kappa shape index (κ3) is 4.71. The molecule has 1 saturated carbocycles. The van der Waals surface area contributed by atoms with E-state index in [-0.39, 0.29) is 12.5 Å². The average Bonchev–Trinajstić information content (AvgIpc) is 2.90. The van der Waals surface area contributed by atoms with Crippen LogP contribution in [0.15, 0.2) is 28.8 Å². The molecule has 1 aromatic carbocycles. The Morgan fingerprint density at radius 2 is 1.92 bits per heavy atom. The van der Waals surface area contributed by atoms with Crippen LogP contribution in [0.3, 0.4) is 0 Å². The van der Waals surface area contributed by atoms with Crippen LogP contribution in [0, 0.1) is 10.5 Å². The number of aromatic nitrogens is 2. The Kier molecular flexibility index (Phi) is 5.93. The van der Waals surface area contributed by atoms with Crippen molar-refractivity contribution in [1.82, 2.24) is 15.5 Å².